The van der Waals surface area contributed by atoms with E-state index in [0.29, 0.717) is 17.5 Å². The summed E-state index contributed by atoms with van der Waals surface area (Å²) in [6.07, 6.45) is 0. The molecule has 3 aromatic heterocycles. The van der Waals surface area contributed by atoms with Gasteiger partial charge in [-0.15, -0.1) is 11.3 Å². The summed E-state index contributed by atoms with van der Waals surface area (Å²) in [5.41, 5.74) is 11.4. The summed E-state index contributed by atoms with van der Waals surface area (Å²) >= 11 is 1.85. The quantitative estimate of drug-likeness (QED) is 0.171. The van der Waals surface area contributed by atoms with Crippen molar-refractivity contribution in [1.82, 2.24) is 15.0 Å². The fourth-order valence-corrected chi connectivity index (χ4v) is 8.99. The van der Waals surface area contributed by atoms with Gasteiger partial charge in [-0.2, -0.15) is 0 Å². The first-order valence-corrected chi connectivity index (χ1v) is 19.5. The highest BCUT2D eigenvalue weighted by molar-refractivity contribution is 7.26. The summed E-state index contributed by atoms with van der Waals surface area (Å²) in [7, 11) is 0. The van der Waals surface area contributed by atoms with E-state index in [9.17, 15) is 0 Å². The Hall–Kier alpha value is -7.21. The van der Waals surface area contributed by atoms with Gasteiger partial charge < -0.3 is 4.42 Å². The number of thiophene rings is 1. The Bertz CT molecular complexity index is 3170. The Kier molecular flexibility index (Phi) is 7.64. The van der Waals surface area contributed by atoms with E-state index in [1.807, 2.05) is 72.0 Å². The van der Waals surface area contributed by atoms with Gasteiger partial charge in [0.25, 0.3) is 0 Å². The first kappa shape index (κ1) is 32.2. The van der Waals surface area contributed by atoms with Crippen molar-refractivity contribution in [3.05, 3.63) is 188 Å². The monoisotopic (exact) mass is 733 g/mol. The highest BCUT2D eigenvalue weighted by Gasteiger charge is 2.19. The van der Waals surface area contributed by atoms with Crippen molar-refractivity contribution in [3.63, 3.8) is 0 Å². The van der Waals surface area contributed by atoms with E-state index in [-0.39, 0.29) is 0 Å². The molecule has 0 saturated heterocycles. The molecule has 11 aromatic rings. The van der Waals surface area contributed by atoms with Crippen LogP contribution in [0.25, 0.3) is 110 Å². The topological polar surface area (TPSA) is 51.8 Å². The van der Waals surface area contributed by atoms with Crippen LogP contribution in [0, 0.1) is 0 Å². The van der Waals surface area contributed by atoms with Gasteiger partial charge >= 0.3 is 0 Å². The normalized spacial score (nSPS) is 11.6. The van der Waals surface area contributed by atoms with Gasteiger partial charge in [0.2, 0.25) is 0 Å². The Morgan fingerprint density at radius 1 is 0.339 bits per heavy atom. The third kappa shape index (κ3) is 5.56. The lowest BCUT2D eigenvalue weighted by atomic mass is 9.94. The molecule has 0 unspecified atom stereocenters. The number of para-hydroxylation sites is 1. The first-order valence-electron chi connectivity index (χ1n) is 18.7. The second-order valence-electron chi connectivity index (χ2n) is 14.0. The molecule has 0 radical (unpaired) electrons. The molecular formula is C51H31N3OS. The molecule has 0 spiro atoms. The van der Waals surface area contributed by atoms with Gasteiger partial charge in [0.05, 0.1) is 0 Å². The standard InChI is InChI=1S/C51H31N3OS/c1-4-13-32(14-5-1)33-23-25-34(26-24-33)43-29-38(30-44-41-19-10-11-22-46(41)56-48(43)44)39-20-12-21-42-40-28-27-37(31-45(40)55-47(39)42)51-53-49(35-15-6-2-7-16-35)52-50(54-51)36-17-8-3-9-18-36/h1-31H. The summed E-state index contributed by atoms with van der Waals surface area (Å²) in [4.78, 5) is 14.8. The molecule has 0 aliphatic heterocycles. The van der Waals surface area contributed by atoms with Gasteiger partial charge in [0.15, 0.2) is 17.5 Å². The first-order chi connectivity index (χ1) is 27.7. The van der Waals surface area contributed by atoms with Gasteiger partial charge in [-0.3, -0.25) is 0 Å². The van der Waals surface area contributed by atoms with E-state index in [2.05, 4.69) is 127 Å². The Morgan fingerprint density at radius 2 is 0.893 bits per heavy atom. The zero-order chi connectivity index (χ0) is 37.0. The number of aromatic nitrogens is 3. The minimum absolute atomic E-state index is 0.595. The molecule has 11 rings (SSSR count). The summed E-state index contributed by atoms with van der Waals surface area (Å²) in [6.45, 7) is 0. The highest BCUT2D eigenvalue weighted by atomic mass is 32.1. The predicted molar refractivity (Wildman–Crippen MR) is 233 cm³/mol. The van der Waals surface area contributed by atoms with Crippen LogP contribution in [0.15, 0.2) is 192 Å². The van der Waals surface area contributed by atoms with Crippen molar-refractivity contribution in [2.45, 2.75) is 0 Å². The molecule has 5 heteroatoms. The Labute approximate surface area is 327 Å². The zero-order valence-electron chi connectivity index (χ0n) is 30.1. The van der Waals surface area contributed by atoms with Gasteiger partial charge in [-0.1, -0.05) is 158 Å². The minimum Gasteiger partial charge on any atom is -0.455 e. The molecule has 0 bridgehead atoms. The fraction of sp³-hybridized carbons (Fsp3) is 0. The maximum absolute atomic E-state index is 6.85. The van der Waals surface area contributed by atoms with Gasteiger partial charge in [0, 0.05) is 58.8 Å². The number of rotatable bonds is 6. The minimum atomic E-state index is 0.595. The summed E-state index contributed by atoms with van der Waals surface area (Å²) < 4.78 is 9.41. The van der Waals surface area contributed by atoms with Crippen LogP contribution < -0.4 is 0 Å². The van der Waals surface area contributed by atoms with Gasteiger partial charge in [0.1, 0.15) is 11.2 Å². The molecule has 4 nitrogen and oxygen atoms in total. The van der Waals surface area contributed by atoms with Crippen LogP contribution in [0.4, 0.5) is 0 Å². The van der Waals surface area contributed by atoms with E-state index < -0.39 is 0 Å². The van der Waals surface area contributed by atoms with Crippen molar-refractivity contribution in [2.24, 2.45) is 0 Å². The number of hydrogen-bond acceptors (Lipinski definition) is 5. The molecule has 0 aliphatic carbocycles. The van der Waals surface area contributed by atoms with E-state index in [4.69, 9.17) is 19.4 Å². The molecule has 56 heavy (non-hydrogen) atoms. The maximum atomic E-state index is 6.85. The molecule has 3 heterocycles. The second kappa shape index (κ2) is 13.3. The van der Waals surface area contributed by atoms with Crippen molar-refractivity contribution in [1.29, 1.82) is 0 Å². The number of hydrogen-bond donors (Lipinski definition) is 0. The van der Waals surface area contributed by atoms with Crippen LogP contribution in [0.3, 0.4) is 0 Å². The molecule has 0 fully saturated rings. The summed E-state index contributed by atoms with van der Waals surface area (Å²) in [6, 6.07) is 65.7. The van der Waals surface area contributed by atoms with Crippen molar-refractivity contribution in [3.8, 4) is 67.5 Å². The largest absolute Gasteiger partial charge is 0.455 e. The van der Waals surface area contributed by atoms with E-state index in [0.717, 1.165) is 49.8 Å². The third-order valence-corrected chi connectivity index (χ3v) is 11.8. The lowest BCUT2D eigenvalue weighted by Gasteiger charge is -2.10. The van der Waals surface area contributed by atoms with Crippen LogP contribution in [0.1, 0.15) is 0 Å². The van der Waals surface area contributed by atoms with Crippen molar-refractivity contribution < 1.29 is 4.42 Å². The molecule has 0 aliphatic rings. The van der Waals surface area contributed by atoms with Crippen LogP contribution in [-0.2, 0) is 0 Å². The number of fused-ring (bicyclic) bond motifs is 6. The zero-order valence-corrected chi connectivity index (χ0v) is 30.9. The predicted octanol–water partition coefficient (Wildman–Crippen LogP) is 14.1. The van der Waals surface area contributed by atoms with Crippen molar-refractivity contribution >= 4 is 53.4 Å². The average Bonchev–Trinajstić information content (AvgIpc) is 3.85. The maximum Gasteiger partial charge on any atom is 0.164 e. The molecule has 0 saturated carbocycles. The number of furan rings is 1. The second-order valence-corrected chi connectivity index (χ2v) is 15.0. The van der Waals surface area contributed by atoms with E-state index >= 15 is 0 Å². The SMILES string of the molecule is c1ccc(-c2ccc(-c3cc(-c4cccc5c4oc4cc(-c6nc(-c7ccccc7)nc(-c7ccccc7)n6)ccc45)cc4c3sc3ccccc34)cc2)cc1. The molecule has 0 N–H and O–H groups in total. The number of nitrogens with zero attached hydrogens (tertiary/aromatic N) is 3. The van der Waals surface area contributed by atoms with Crippen LogP contribution in [-0.4, -0.2) is 15.0 Å². The summed E-state index contributed by atoms with van der Waals surface area (Å²) in [5.74, 6) is 1.85. The van der Waals surface area contributed by atoms with Gasteiger partial charge in [-0.25, -0.2) is 15.0 Å². The van der Waals surface area contributed by atoms with Gasteiger partial charge in [-0.05, 0) is 52.6 Å². The molecular weight excluding hydrogens is 703 g/mol. The summed E-state index contributed by atoms with van der Waals surface area (Å²) in [5, 5.41) is 4.63. The average molecular weight is 734 g/mol. The molecule has 0 atom stereocenters. The molecule has 0 amide bonds. The number of benzene rings is 8. The van der Waals surface area contributed by atoms with E-state index in [1.54, 1.807) is 0 Å². The van der Waals surface area contributed by atoms with Crippen LogP contribution in [0.2, 0.25) is 0 Å². The molecule has 262 valence electrons. The van der Waals surface area contributed by atoms with Crippen LogP contribution in [0.5, 0.6) is 0 Å². The third-order valence-electron chi connectivity index (χ3n) is 10.5. The van der Waals surface area contributed by atoms with Crippen molar-refractivity contribution in [2.75, 3.05) is 0 Å². The molecule has 8 aromatic carbocycles. The highest BCUT2D eigenvalue weighted by Crippen LogP contribution is 2.45. The van der Waals surface area contributed by atoms with Crippen LogP contribution >= 0.6 is 11.3 Å². The van der Waals surface area contributed by atoms with E-state index in [1.165, 1.54) is 42.4 Å². The Morgan fingerprint density at radius 3 is 1.59 bits per heavy atom. The lowest BCUT2D eigenvalue weighted by molar-refractivity contribution is 0.670. The Balaban J connectivity index is 1.06. The smallest absolute Gasteiger partial charge is 0.164 e. The fourth-order valence-electron chi connectivity index (χ4n) is 7.77. The lowest BCUT2D eigenvalue weighted by Crippen LogP contribution is -2.00.